The van der Waals surface area contributed by atoms with Gasteiger partial charge in [0.15, 0.2) is 0 Å². The van der Waals surface area contributed by atoms with Crippen molar-refractivity contribution in [2.45, 2.75) is 37.1 Å². The smallest absolute Gasteiger partial charge is 0.475 e. The number of hydrogen-bond donors (Lipinski definition) is 3. The molecule has 0 aliphatic carbocycles. The van der Waals surface area contributed by atoms with Crippen molar-refractivity contribution >= 4 is 17.9 Å². The molecule has 3 rings (SSSR count). The molecule has 0 radical (unpaired) electrons. The molecule has 0 aromatic carbocycles. The number of halogens is 9. The Balaban J connectivity index is 0.000000690. The number of nitrogens with zero attached hydrogens (tertiary/aromatic N) is 3. The Morgan fingerprint density at radius 3 is 1.77 bits per heavy atom. The summed E-state index contributed by atoms with van der Waals surface area (Å²) in [6, 6.07) is 4.17. The van der Waals surface area contributed by atoms with E-state index in [2.05, 4.69) is 41.0 Å². The average molecular weight is 647 g/mol. The van der Waals surface area contributed by atoms with Crippen LogP contribution in [-0.4, -0.2) is 126 Å². The number of hydrogen-bond acceptors (Lipinski definition) is 8. The van der Waals surface area contributed by atoms with Crippen LogP contribution in [0.4, 0.5) is 39.5 Å². The van der Waals surface area contributed by atoms with E-state index in [0.717, 1.165) is 52.4 Å². The molecule has 2 aliphatic heterocycles. The molecule has 20 heteroatoms. The molecule has 2 atom stereocenters. The molecule has 0 amide bonds. The van der Waals surface area contributed by atoms with Crippen molar-refractivity contribution in [3.63, 3.8) is 0 Å². The minimum absolute atomic E-state index is 0.121. The fourth-order valence-electron chi connectivity index (χ4n) is 3.65. The highest BCUT2D eigenvalue weighted by Crippen LogP contribution is 2.33. The molecule has 0 bridgehead atoms. The first-order chi connectivity index (χ1) is 19.5. The zero-order chi connectivity index (χ0) is 33.6. The van der Waals surface area contributed by atoms with E-state index < -0.39 is 36.4 Å². The van der Waals surface area contributed by atoms with Crippen molar-refractivity contribution in [2.24, 2.45) is 5.92 Å². The van der Waals surface area contributed by atoms with Crippen molar-refractivity contribution in [2.75, 3.05) is 53.6 Å². The molecule has 2 aliphatic rings. The number of carboxylic acid groups (broad SMARTS) is 3. The van der Waals surface area contributed by atoms with Crippen molar-refractivity contribution < 1.29 is 78.7 Å². The van der Waals surface area contributed by atoms with Gasteiger partial charge in [0.25, 0.3) is 0 Å². The SMILES string of the molecule is CN(C)CC1COC2(COCCN(Cc3ccncc3)C2)C1.O=C(O)C(F)(F)F.O=C(O)C(F)(F)F.O=C(O)C(F)(F)F. The number of rotatable bonds is 4. The highest BCUT2D eigenvalue weighted by molar-refractivity contribution is 5.73. The van der Waals surface area contributed by atoms with Gasteiger partial charge in [0.05, 0.1) is 19.8 Å². The summed E-state index contributed by atoms with van der Waals surface area (Å²) in [5, 5.41) is 21.4. The molecule has 1 aromatic rings. The monoisotopic (exact) mass is 647 g/mol. The summed E-state index contributed by atoms with van der Waals surface area (Å²) in [5.41, 5.74) is 1.18. The Kier molecular flexibility index (Phi) is 15.9. The van der Waals surface area contributed by atoms with E-state index in [-0.39, 0.29) is 5.60 Å². The molecule has 2 fully saturated rings. The predicted octanol–water partition coefficient (Wildman–Crippen LogP) is 3.15. The lowest BCUT2D eigenvalue weighted by Gasteiger charge is -2.31. The van der Waals surface area contributed by atoms with E-state index in [9.17, 15) is 39.5 Å². The number of ether oxygens (including phenoxy) is 2. The van der Waals surface area contributed by atoms with Crippen LogP contribution in [0.25, 0.3) is 0 Å². The third kappa shape index (κ3) is 17.5. The molecule has 43 heavy (non-hydrogen) atoms. The Labute approximate surface area is 238 Å². The van der Waals surface area contributed by atoms with Gasteiger partial charge in [-0.2, -0.15) is 39.5 Å². The van der Waals surface area contributed by atoms with Crippen molar-refractivity contribution in [3.8, 4) is 0 Å². The molecular formula is C23H30F9N3O8. The van der Waals surface area contributed by atoms with Crippen LogP contribution in [0.15, 0.2) is 24.5 Å². The van der Waals surface area contributed by atoms with Crippen LogP contribution in [0.3, 0.4) is 0 Å². The second-order valence-electron chi connectivity index (χ2n) is 9.35. The largest absolute Gasteiger partial charge is 0.490 e. The van der Waals surface area contributed by atoms with E-state index in [4.69, 9.17) is 39.2 Å². The number of aliphatic carboxylic acids is 3. The van der Waals surface area contributed by atoms with Gasteiger partial charge in [-0.05, 0) is 44.1 Å². The number of alkyl halides is 9. The summed E-state index contributed by atoms with van der Waals surface area (Å²) in [6.45, 7) is 6.31. The van der Waals surface area contributed by atoms with Crippen LogP contribution in [0.1, 0.15) is 12.0 Å². The standard InChI is InChI=1S/C17H27N3O2.3C2HF3O2/c1-19(2)10-16-9-17(22-12-16)13-20(7-8-21-14-17)11-15-3-5-18-6-4-15;3*3-2(4,5)1(6)7/h3-6,16H,7-14H2,1-2H3;3*(H,6,7). The van der Waals surface area contributed by atoms with Gasteiger partial charge in [0.2, 0.25) is 0 Å². The second kappa shape index (κ2) is 17.2. The highest BCUT2D eigenvalue weighted by Gasteiger charge is 2.43. The molecule has 1 aromatic heterocycles. The van der Waals surface area contributed by atoms with Crippen molar-refractivity contribution in [1.29, 1.82) is 0 Å². The average Bonchev–Trinajstić information content (AvgIpc) is 3.11. The molecule has 2 saturated heterocycles. The molecule has 248 valence electrons. The van der Waals surface area contributed by atoms with Crippen LogP contribution in [0.2, 0.25) is 0 Å². The summed E-state index contributed by atoms with van der Waals surface area (Å²) in [5.74, 6) is -7.66. The lowest BCUT2D eigenvalue weighted by atomic mass is 9.94. The molecule has 3 heterocycles. The quantitative estimate of drug-likeness (QED) is 0.414. The zero-order valence-corrected chi connectivity index (χ0v) is 22.7. The van der Waals surface area contributed by atoms with E-state index in [1.165, 1.54) is 5.56 Å². The zero-order valence-electron chi connectivity index (χ0n) is 22.7. The van der Waals surface area contributed by atoms with Gasteiger partial charge in [-0.25, -0.2) is 14.4 Å². The first-order valence-electron chi connectivity index (χ1n) is 11.9. The maximum Gasteiger partial charge on any atom is 0.490 e. The summed E-state index contributed by atoms with van der Waals surface area (Å²) >= 11 is 0. The second-order valence-corrected chi connectivity index (χ2v) is 9.35. The first kappa shape index (κ1) is 39.8. The fraction of sp³-hybridized carbons (Fsp3) is 0.652. The van der Waals surface area contributed by atoms with Crippen LogP contribution in [-0.2, 0) is 30.4 Å². The molecule has 0 saturated carbocycles. The molecule has 11 nitrogen and oxygen atoms in total. The summed E-state index contributed by atoms with van der Waals surface area (Å²) < 4.78 is 107. The lowest BCUT2D eigenvalue weighted by molar-refractivity contribution is -0.193. The minimum atomic E-state index is -5.08. The fourth-order valence-corrected chi connectivity index (χ4v) is 3.65. The van der Waals surface area contributed by atoms with Gasteiger partial charge >= 0.3 is 36.4 Å². The normalized spacial score (nSPS) is 20.9. The van der Waals surface area contributed by atoms with Crippen molar-refractivity contribution in [3.05, 3.63) is 30.1 Å². The summed E-state index contributed by atoms with van der Waals surface area (Å²) in [7, 11) is 4.26. The van der Waals surface area contributed by atoms with Gasteiger partial charge in [-0.15, -0.1) is 0 Å². The van der Waals surface area contributed by atoms with E-state index in [1.807, 2.05) is 12.4 Å². The summed E-state index contributed by atoms with van der Waals surface area (Å²) in [6.07, 6.45) is -10.4. The van der Waals surface area contributed by atoms with Crippen LogP contribution < -0.4 is 0 Å². The third-order valence-corrected chi connectivity index (χ3v) is 5.22. The minimum Gasteiger partial charge on any atom is -0.475 e. The topological polar surface area (TPSA) is 150 Å². The number of pyridine rings is 1. The Bertz CT molecular complexity index is 951. The van der Waals surface area contributed by atoms with Crippen LogP contribution >= 0.6 is 0 Å². The van der Waals surface area contributed by atoms with Gasteiger partial charge in [0, 0.05) is 38.6 Å². The highest BCUT2D eigenvalue weighted by atomic mass is 19.4. The number of aromatic nitrogens is 1. The van der Waals surface area contributed by atoms with Crippen LogP contribution in [0, 0.1) is 5.92 Å². The molecule has 2 unspecified atom stereocenters. The van der Waals surface area contributed by atoms with Gasteiger partial charge < -0.3 is 29.7 Å². The van der Waals surface area contributed by atoms with Crippen LogP contribution in [0.5, 0.6) is 0 Å². The van der Waals surface area contributed by atoms with E-state index in [0.29, 0.717) is 5.92 Å². The maximum absolute atomic E-state index is 10.6. The Morgan fingerprint density at radius 2 is 1.37 bits per heavy atom. The van der Waals surface area contributed by atoms with Gasteiger partial charge in [-0.3, -0.25) is 9.88 Å². The number of carboxylic acids is 3. The predicted molar refractivity (Wildman–Crippen MR) is 127 cm³/mol. The summed E-state index contributed by atoms with van der Waals surface area (Å²) in [4.78, 5) is 35.5. The molecule has 1 spiro atoms. The molecular weight excluding hydrogens is 617 g/mol. The third-order valence-electron chi connectivity index (χ3n) is 5.22. The van der Waals surface area contributed by atoms with Gasteiger partial charge in [0.1, 0.15) is 5.60 Å². The first-order valence-corrected chi connectivity index (χ1v) is 11.9. The maximum atomic E-state index is 10.6. The molecule has 3 N–H and O–H groups in total. The van der Waals surface area contributed by atoms with Crippen molar-refractivity contribution in [1.82, 2.24) is 14.8 Å². The Morgan fingerprint density at radius 1 is 0.930 bits per heavy atom. The lowest BCUT2D eigenvalue weighted by Crippen LogP contribution is -2.44. The van der Waals surface area contributed by atoms with E-state index in [1.54, 1.807) is 0 Å². The van der Waals surface area contributed by atoms with E-state index >= 15 is 0 Å². The Hall–Kier alpha value is -3.23. The number of carbonyl (C=O) groups is 3. The van der Waals surface area contributed by atoms with Gasteiger partial charge in [-0.1, -0.05) is 0 Å².